The number of fused-ring (bicyclic) bond motifs is 1. The minimum absolute atomic E-state index is 0.0847. The molecule has 0 N–H and O–H groups in total. The van der Waals surface area contributed by atoms with Crippen LogP contribution in [0.25, 0.3) is 11.0 Å². The Morgan fingerprint density at radius 2 is 2.04 bits per heavy atom. The maximum atomic E-state index is 12.3. The van der Waals surface area contributed by atoms with Gasteiger partial charge in [0.05, 0.1) is 24.3 Å². The molecule has 2 fully saturated rings. The lowest BCUT2D eigenvalue weighted by Crippen LogP contribution is -2.38. The summed E-state index contributed by atoms with van der Waals surface area (Å²) < 4.78 is 18.7. The maximum Gasteiger partial charge on any atom is 0.338 e. The molecule has 1 spiro atoms. The molecule has 23 heavy (non-hydrogen) atoms. The smallest absolute Gasteiger partial charge is 0.338 e. The van der Waals surface area contributed by atoms with Crippen LogP contribution in [0.2, 0.25) is 0 Å². The van der Waals surface area contributed by atoms with Crippen molar-refractivity contribution >= 4 is 17.0 Å². The predicted molar refractivity (Wildman–Crippen MR) is 80.8 cm³/mol. The topological polar surface area (TPSA) is 75.5 Å². The molecule has 1 aromatic carbocycles. The molecule has 0 atom stereocenters. The Morgan fingerprint density at radius 3 is 2.78 bits per heavy atom. The number of nitrogens with zero attached hydrogens (tertiary/aromatic N) is 3. The number of aromatic nitrogens is 3. The number of carbonyl (C=O) groups is 1. The number of carbonyl (C=O) groups excluding carboxylic acids is 1. The van der Waals surface area contributed by atoms with E-state index in [-0.39, 0.29) is 12.1 Å². The number of benzene rings is 1. The van der Waals surface area contributed by atoms with Gasteiger partial charge in [0.2, 0.25) is 0 Å². The molecule has 1 saturated heterocycles. The second kappa shape index (κ2) is 5.58. The predicted octanol–water partition coefficient (Wildman–Crippen LogP) is 1.81. The number of hydrogen-bond donors (Lipinski definition) is 0. The standard InChI is InChI=1S/C16H19N3O4/c1-19-14-3-2-11(10-13(14)17-18-19)15(20)23-12-4-6-16(7-5-12)21-8-9-22-16/h2-3,10,12H,4-9H2,1H3. The van der Waals surface area contributed by atoms with E-state index in [0.717, 1.165) is 31.2 Å². The van der Waals surface area contributed by atoms with Crippen molar-refractivity contribution in [3.63, 3.8) is 0 Å². The van der Waals surface area contributed by atoms with Gasteiger partial charge in [0.25, 0.3) is 0 Å². The van der Waals surface area contributed by atoms with Crippen molar-refractivity contribution in [2.75, 3.05) is 13.2 Å². The van der Waals surface area contributed by atoms with Gasteiger partial charge in [0, 0.05) is 19.9 Å². The van der Waals surface area contributed by atoms with Crippen LogP contribution in [0.4, 0.5) is 0 Å². The summed E-state index contributed by atoms with van der Waals surface area (Å²) >= 11 is 0. The van der Waals surface area contributed by atoms with Crippen molar-refractivity contribution < 1.29 is 19.0 Å². The highest BCUT2D eigenvalue weighted by Gasteiger charge is 2.41. The molecule has 1 aliphatic carbocycles. The van der Waals surface area contributed by atoms with Gasteiger partial charge in [-0.15, -0.1) is 5.10 Å². The molecule has 7 heteroatoms. The maximum absolute atomic E-state index is 12.3. The number of ether oxygens (including phenoxy) is 3. The third-order valence-electron chi connectivity index (χ3n) is 4.63. The molecule has 1 saturated carbocycles. The van der Waals surface area contributed by atoms with E-state index in [9.17, 15) is 4.79 Å². The van der Waals surface area contributed by atoms with E-state index in [1.54, 1.807) is 16.8 Å². The van der Waals surface area contributed by atoms with Gasteiger partial charge in [0.1, 0.15) is 11.6 Å². The van der Waals surface area contributed by atoms with E-state index < -0.39 is 5.79 Å². The first-order valence-corrected chi connectivity index (χ1v) is 7.94. The molecule has 0 unspecified atom stereocenters. The fourth-order valence-corrected chi connectivity index (χ4v) is 3.32. The molecule has 2 heterocycles. The molecule has 0 radical (unpaired) electrons. The monoisotopic (exact) mass is 317 g/mol. The van der Waals surface area contributed by atoms with Crippen molar-refractivity contribution in [3.05, 3.63) is 23.8 Å². The SMILES string of the molecule is Cn1nnc2cc(C(=O)OC3CCC4(CC3)OCCO4)ccc21. The van der Waals surface area contributed by atoms with Crippen LogP contribution in [-0.2, 0) is 21.3 Å². The third-order valence-corrected chi connectivity index (χ3v) is 4.63. The lowest BCUT2D eigenvalue weighted by Gasteiger charge is -2.34. The fraction of sp³-hybridized carbons (Fsp3) is 0.562. The van der Waals surface area contributed by atoms with Crippen LogP contribution in [-0.4, -0.2) is 46.1 Å². The molecule has 2 aliphatic rings. The molecule has 2 aromatic rings. The van der Waals surface area contributed by atoms with Crippen molar-refractivity contribution in [3.8, 4) is 0 Å². The first-order chi connectivity index (χ1) is 11.2. The molecule has 7 nitrogen and oxygen atoms in total. The summed E-state index contributed by atoms with van der Waals surface area (Å²) in [7, 11) is 1.82. The molecule has 1 aromatic heterocycles. The average molecular weight is 317 g/mol. The second-order valence-corrected chi connectivity index (χ2v) is 6.13. The van der Waals surface area contributed by atoms with Gasteiger partial charge in [-0.25, -0.2) is 9.48 Å². The van der Waals surface area contributed by atoms with E-state index in [1.165, 1.54) is 0 Å². The number of hydrogen-bond acceptors (Lipinski definition) is 6. The van der Waals surface area contributed by atoms with Crippen LogP contribution in [0, 0.1) is 0 Å². The molecule has 122 valence electrons. The quantitative estimate of drug-likeness (QED) is 0.786. The summed E-state index contributed by atoms with van der Waals surface area (Å²) in [5.74, 6) is -0.742. The normalized spacial score (nSPS) is 21.1. The van der Waals surface area contributed by atoms with Crippen molar-refractivity contribution in [1.82, 2.24) is 15.0 Å². The van der Waals surface area contributed by atoms with Crippen molar-refractivity contribution in [1.29, 1.82) is 0 Å². The van der Waals surface area contributed by atoms with Crippen LogP contribution in [0.1, 0.15) is 36.0 Å². The van der Waals surface area contributed by atoms with Gasteiger partial charge in [-0.2, -0.15) is 0 Å². The highest BCUT2D eigenvalue weighted by molar-refractivity contribution is 5.93. The van der Waals surface area contributed by atoms with Crippen molar-refractivity contribution in [2.45, 2.75) is 37.6 Å². The van der Waals surface area contributed by atoms with Crippen molar-refractivity contribution in [2.24, 2.45) is 7.05 Å². The molecule has 0 amide bonds. The first kappa shape index (κ1) is 14.6. The van der Waals surface area contributed by atoms with Crippen LogP contribution < -0.4 is 0 Å². The van der Waals surface area contributed by atoms with Gasteiger partial charge >= 0.3 is 5.97 Å². The number of rotatable bonds is 2. The van der Waals surface area contributed by atoms with Crippen LogP contribution >= 0.6 is 0 Å². The Bertz CT molecular complexity index is 726. The lowest BCUT2D eigenvalue weighted by atomic mass is 9.92. The van der Waals surface area contributed by atoms with Gasteiger partial charge in [0.15, 0.2) is 5.79 Å². The van der Waals surface area contributed by atoms with Crippen LogP contribution in [0.15, 0.2) is 18.2 Å². The molecule has 1 aliphatic heterocycles. The second-order valence-electron chi connectivity index (χ2n) is 6.13. The molecule has 4 rings (SSSR count). The Hall–Kier alpha value is -1.99. The summed E-state index contributed by atoms with van der Waals surface area (Å²) in [6.07, 6.45) is 2.99. The molecule has 0 bridgehead atoms. The first-order valence-electron chi connectivity index (χ1n) is 7.94. The van der Waals surface area contributed by atoms with Gasteiger partial charge in [-0.3, -0.25) is 0 Å². The van der Waals surface area contributed by atoms with Gasteiger partial charge in [-0.1, -0.05) is 5.21 Å². The highest BCUT2D eigenvalue weighted by Crippen LogP contribution is 2.36. The average Bonchev–Trinajstić information content (AvgIpc) is 3.17. The van der Waals surface area contributed by atoms with E-state index in [4.69, 9.17) is 14.2 Å². The van der Waals surface area contributed by atoms with E-state index >= 15 is 0 Å². The summed E-state index contributed by atoms with van der Waals surface area (Å²) in [4.78, 5) is 12.3. The minimum atomic E-state index is -0.429. The Morgan fingerprint density at radius 1 is 1.30 bits per heavy atom. The summed E-state index contributed by atoms with van der Waals surface area (Å²) in [6.45, 7) is 1.31. The minimum Gasteiger partial charge on any atom is -0.459 e. The largest absolute Gasteiger partial charge is 0.459 e. The highest BCUT2D eigenvalue weighted by atomic mass is 16.7. The Balaban J connectivity index is 1.41. The van der Waals surface area contributed by atoms with Gasteiger partial charge < -0.3 is 14.2 Å². The van der Waals surface area contributed by atoms with Crippen LogP contribution in [0.3, 0.4) is 0 Å². The number of esters is 1. The summed E-state index contributed by atoms with van der Waals surface area (Å²) in [6, 6.07) is 5.31. The zero-order valence-corrected chi connectivity index (χ0v) is 13.0. The molecular formula is C16H19N3O4. The lowest BCUT2D eigenvalue weighted by molar-refractivity contribution is -0.188. The van der Waals surface area contributed by atoms with Gasteiger partial charge in [-0.05, 0) is 31.0 Å². The van der Waals surface area contributed by atoms with Crippen LogP contribution in [0.5, 0.6) is 0 Å². The zero-order valence-electron chi connectivity index (χ0n) is 13.0. The third kappa shape index (κ3) is 2.70. The number of aryl methyl sites for hydroxylation is 1. The van der Waals surface area contributed by atoms with E-state index in [1.807, 2.05) is 13.1 Å². The summed E-state index contributed by atoms with van der Waals surface area (Å²) in [5, 5.41) is 7.97. The van der Waals surface area contributed by atoms with E-state index in [0.29, 0.717) is 24.3 Å². The Kier molecular flexibility index (Phi) is 3.54. The van der Waals surface area contributed by atoms with E-state index in [2.05, 4.69) is 10.3 Å². The fourth-order valence-electron chi connectivity index (χ4n) is 3.32. The Labute approximate surface area is 133 Å². The summed E-state index contributed by atoms with van der Waals surface area (Å²) in [5.41, 5.74) is 2.08. The molecular weight excluding hydrogens is 298 g/mol. The zero-order chi connectivity index (χ0) is 15.9.